The number of amides is 1. The van der Waals surface area contributed by atoms with Gasteiger partial charge in [0.05, 0.1) is 10.6 Å². The molecule has 0 unspecified atom stereocenters. The number of anilines is 1. The van der Waals surface area contributed by atoms with Crippen LogP contribution in [-0.4, -0.2) is 46.5 Å². The topological polar surface area (TPSA) is 82.2 Å². The summed E-state index contributed by atoms with van der Waals surface area (Å²) in [5.41, 5.74) is 0.909. The van der Waals surface area contributed by atoms with E-state index in [4.69, 9.17) is 0 Å². The van der Waals surface area contributed by atoms with Crippen LogP contribution in [-0.2, 0) is 6.54 Å². The van der Waals surface area contributed by atoms with Crippen molar-refractivity contribution in [2.24, 2.45) is 5.41 Å². The van der Waals surface area contributed by atoms with Gasteiger partial charge in [-0.25, -0.2) is 4.98 Å². The zero-order valence-corrected chi connectivity index (χ0v) is 18.8. The zero-order valence-electron chi connectivity index (χ0n) is 18.0. The summed E-state index contributed by atoms with van der Waals surface area (Å²) >= 11 is 1.44. The molecule has 0 N–H and O–H groups in total. The molecule has 1 fully saturated rings. The van der Waals surface area contributed by atoms with Gasteiger partial charge < -0.3 is 9.80 Å². The van der Waals surface area contributed by atoms with Crippen LogP contribution >= 0.6 is 11.3 Å². The molecule has 0 aromatic carbocycles. The Bertz CT molecular complexity index is 1210. The molecule has 1 aliphatic heterocycles. The molecule has 1 amide bonds. The molecule has 3 aromatic heterocycles. The third-order valence-electron chi connectivity index (χ3n) is 5.35. The predicted molar refractivity (Wildman–Crippen MR) is 123 cm³/mol. The Hall–Kier alpha value is -3.18. The van der Waals surface area contributed by atoms with Crippen molar-refractivity contribution < 1.29 is 4.79 Å². The summed E-state index contributed by atoms with van der Waals surface area (Å²) in [5.74, 6) is 0.0299. The number of carbonyl (C=O) groups is 1. The van der Waals surface area contributed by atoms with Gasteiger partial charge in [0.2, 0.25) is 0 Å². The number of aromatic nitrogens is 2. The van der Waals surface area contributed by atoms with E-state index in [0.29, 0.717) is 44.1 Å². The molecule has 8 heteroatoms. The highest BCUT2D eigenvalue weighted by atomic mass is 32.1. The predicted octanol–water partition coefficient (Wildman–Crippen LogP) is 3.34. The highest BCUT2D eigenvalue weighted by Gasteiger charge is 2.28. The number of pyridine rings is 2. The maximum absolute atomic E-state index is 13.3. The molecule has 7 nitrogen and oxygen atoms in total. The Morgan fingerprint density at radius 1 is 1.19 bits per heavy atom. The molecule has 0 aliphatic carbocycles. The van der Waals surface area contributed by atoms with Crippen molar-refractivity contribution in [1.29, 1.82) is 5.26 Å². The van der Waals surface area contributed by atoms with Gasteiger partial charge in [0.25, 0.3) is 11.5 Å². The van der Waals surface area contributed by atoms with Crippen molar-refractivity contribution >= 4 is 34.0 Å². The second-order valence-corrected chi connectivity index (χ2v) is 9.87. The molecule has 0 radical (unpaired) electrons. The van der Waals surface area contributed by atoms with Gasteiger partial charge in [0, 0.05) is 44.3 Å². The van der Waals surface area contributed by atoms with Crippen molar-refractivity contribution in [3.8, 4) is 6.07 Å². The maximum atomic E-state index is 13.3. The number of nitrogens with zero attached hydrogens (tertiary/aromatic N) is 5. The van der Waals surface area contributed by atoms with Crippen molar-refractivity contribution in [1.82, 2.24) is 14.5 Å². The molecule has 0 atom stereocenters. The summed E-state index contributed by atoms with van der Waals surface area (Å²) in [6.45, 7) is 8.81. The molecule has 1 aliphatic rings. The summed E-state index contributed by atoms with van der Waals surface area (Å²) in [6.07, 6.45) is 1.67. The molecular formula is C23H25N5O2S. The molecule has 4 heterocycles. The van der Waals surface area contributed by atoms with E-state index < -0.39 is 0 Å². The van der Waals surface area contributed by atoms with E-state index in [9.17, 15) is 14.9 Å². The number of rotatable bonds is 3. The number of piperazine rings is 1. The highest BCUT2D eigenvalue weighted by Crippen LogP contribution is 2.30. The van der Waals surface area contributed by atoms with E-state index in [0.717, 1.165) is 10.3 Å². The van der Waals surface area contributed by atoms with Gasteiger partial charge >= 0.3 is 0 Å². The third-order valence-corrected chi connectivity index (χ3v) is 6.21. The Balaban J connectivity index is 1.72. The van der Waals surface area contributed by atoms with Crippen LogP contribution in [0, 0.1) is 16.7 Å². The zero-order chi connectivity index (χ0) is 22.2. The van der Waals surface area contributed by atoms with Crippen molar-refractivity contribution in [2.45, 2.75) is 27.3 Å². The van der Waals surface area contributed by atoms with Crippen LogP contribution in [0.4, 0.5) is 5.69 Å². The van der Waals surface area contributed by atoms with Crippen LogP contribution in [0.5, 0.6) is 0 Å². The second-order valence-electron chi connectivity index (χ2n) is 8.92. The number of hydrogen-bond donors (Lipinski definition) is 0. The highest BCUT2D eigenvalue weighted by molar-refractivity contribution is 7.12. The Morgan fingerprint density at radius 2 is 1.94 bits per heavy atom. The number of hydrogen-bond acceptors (Lipinski definition) is 6. The molecular weight excluding hydrogens is 410 g/mol. The normalized spacial score (nSPS) is 14.6. The molecule has 1 saturated heterocycles. The average molecular weight is 436 g/mol. The fourth-order valence-electron chi connectivity index (χ4n) is 4.00. The van der Waals surface area contributed by atoms with Crippen molar-refractivity contribution in [3.05, 3.63) is 56.6 Å². The first kappa shape index (κ1) is 21.1. The van der Waals surface area contributed by atoms with E-state index in [1.54, 1.807) is 10.8 Å². The largest absolute Gasteiger partial charge is 0.366 e. The van der Waals surface area contributed by atoms with Crippen molar-refractivity contribution in [2.75, 3.05) is 31.1 Å². The number of thiophene rings is 1. The van der Waals surface area contributed by atoms with Crippen LogP contribution in [0.15, 0.2) is 40.6 Å². The second kappa shape index (κ2) is 8.16. The molecule has 160 valence electrons. The lowest BCUT2D eigenvalue weighted by molar-refractivity contribution is 0.0751. The summed E-state index contributed by atoms with van der Waals surface area (Å²) in [6, 6.07) is 9.61. The van der Waals surface area contributed by atoms with E-state index in [1.165, 1.54) is 11.3 Å². The van der Waals surface area contributed by atoms with Crippen LogP contribution in [0.1, 0.15) is 36.0 Å². The summed E-state index contributed by atoms with van der Waals surface area (Å²) in [5, 5.41) is 12.6. The average Bonchev–Trinajstić information content (AvgIpc) is 3.29. The fraction of sp³-hybridized carbons (Fsp3) is 0.391. The van der Waals surface area contributed by atoms with Gasteiger partial charge in [0.15, 0.2) is 0 Å². The summed E-state index contributed by atoms with van der Waals surface area (Å²) in [7, 11) is 0. The fourth-order valence-corrected chi connectivity index (χ4v) is 4.69. The minimum absolute atomic E-state index is 0.0299. The molecule has 3 aromatic rings. The Morgan fingerprint density at radius 3 is 2.55 bits per heavy atom. The maximum Gasteiger partial charge on any atom is 0.272 e. The Labute approximate surface area is 185 Å². The first-order valence-electron chi connectivity index (χ1n) is 10.3. The van der Waals surface area contributed by atoms with Gasteiger partial charge in [-0.05, 0) is 29.0 Å². The molecule has 4 rings (SSSR count). The number of carbonyl (C=O) groups excluding carboxylic acids is 1. The summed E-state index contributed by atoms with van der Waals surface area (Å²) < 4.78 is 1.62. The van der Waals surface area contributed by atoms with E-state index in [-0.39, 0.29) is 22.4 Å². The first-order chi connectivity index (χ1) is 14.8. The number of fused-ring (bicyclic) bond motifs is 1. The van der Waals surface area contributed by atoms with Gasteiger partial charge in [-0.3, -0.25) is 14.2 Å². The molecule has 0 saturated carbocycles. The van der Waals surface area contributed by atoms with E-state index in [2.05, 4.69) is 31.8 Å². The van der Waals surface area contributed by atoms with Crippen LogP contribution < -0.4 is 10.5 Å². The quantitative estimate of drug-likeness (QED) is 0.630. The third kappa shape index (κ3) is 4.06. The molecule has 0 bridgehead atoms. The lowest BCUT2D eigenvalue weighted by atomic mass is 9.96. The Kier molecular flexibility index (Phi) is 5.54. The molecule has 31 heavy (non-hydrogen) atoms. The lowest BCUT2D eigenvalue weighted by Crippen LogP contribution is -2.49. The number of nitriles is 1. The van der Waals surface area contributed by atoms with E-state index >= 15 is 0 Å². The lowest BCUT2D eigenvalue weighted by Gasteiger charge is -2.37. The van der Waals surface area contributed by atoms with Gasteiger partial charge in [-0.1, -0.05) is 26.8 Å². The van der Waals surface area contributed by atoms with Crippen LogP contribution in [0.25, 0.3) is 11.0 Å². The van der Waals surface area contributed by atoms with Crippen molar-refractivity contribution in [3.63, 3.8) is 0 Å². The monoisotopic (exact) mass is 435 g/mol. The first-order valence-corrected chi connectivity index (χ1v) is 11.2. The smallest absolute Gasteiger partial charge is 0.272 e. The van der Waals surface area contributed by atoms with Crippen LogP contribution in [0.3, 0.4) is 0 Å². The minimum atomic E-state index is -0.310. The van der Waals surface area contributed by atoms with Gasteiger partial charge in [-0.2, -0.15) is 5.26 Å². The SMILES string of the molecule is CC(C)(C)Cn1c(=O)c(C#N)c(N2CCN(C(=O)c3cccs3)CC2)c2cccnc21. The van der Waals surface area contributed by atoms with Crippen LogP contribution in [0.2, 0.25) is 0 Å². The summed E-state index contributed by atoms with van der Waals surface area (Å²) in [4.78, 5) is 35.1. The van der Waals surface area contributed by atoms with Gasteiger partial charge in [0.1, 0.15) is 17.3 Å². The minimum Gasteiger partial charge on any atom is -0.366 e. The van der Waals surface area contributed by atoms with Gasteiger partial charge in [-0.15, -0.1) is 11.3 Å². The molecule has 0 spiro atoms. The standard InChI is InChI=1S/C23H25N5O2S/c1-23(2,3)15-28-20-16(6-4-8-25-20)19(17(14-24)21(28)29)26-9-11-27(12-10-26)22(30)18-7-5-13-31-18/h4-8,13H,9-12,15H2,1-3H3. The van der Waals surface area contributed by atoms with E-state index in [1.807, 2.05) is 39.4 Å².